The molecular formula is C21H23N3S. The number of aromatic nitrogens is 1. The van der Waals surface area contributed by atoms with Crippen molar-refractivity contribution in [2.45, 2.75) is 45.1 Å². The average Bonchev–Trinajstić information content (AvgIpc) is 3.24. The summed E-state index contributed by atoms with van der Waals surface area (Å²) in [6.45, 7) is 2.12. The van der Waals surface area contributed by atoms with Gasteiger partial charge < -0.3 is 5.32 Å². The van der Waals surface area contributed by atoms with Gasteiger partial charge in [-0.25, -0.2) is 9.98 Å². The van der Waals surface area contributed by atoms with Crippen LogP contribution in [0.25, 0.3) is 11.3 Å². The van der Waals surface area contributed by atoms with E-state index in [-0.39, 0.29) is 0 Å². The van der Waals surface area contributed by atoms with E-state index in [0.717, 1.165) is 34.1 Å². The van der Waals surface area contributed by atoms with Gasteiger partial charge in [-0.05, 0) is 44.4 Å². The van der Waals surface area contributed by atoms with E-state index in [1.54, 1.807) is 11.3 Å². The van der Waals surface area contributed by atoms with Crippen molar-refractivity contribution >= 4 is 17.0 Å². The second-order valence-corrected chi connectivity index (χ2v) is 7.60. The van der Waals surface area contributed by atoms with E-state index >= 15 is 0 Å². The Morgan fingerprint density at radius 2 is 2.08 bits per heavy atom. The second kappa shape index (κ2) is 7.36. The van der Waals surface area contributed by atoms with Gasteiger partial charge in [0.15, 0.2) is 0 Å². The summed E-state index contributed by atoms with van der Waals surface area (Å²) < 4.78 is 0. The summed E-state index contributed by atoms with van der Waals surface area (Å²) in [5.41, 5.74) is 6.36. The van der Waals surface area contributed by atoms with Crippen molar-refractivity contribution in [3.8, 4) is 11.3 Å². The highest BCUT2D eigenvalue weighted by Crippen LogP contribution is 2.28. The largest absolute Gasteiger partial charge is 0.368 e. The van der Waals surface area contributed by atoms with Crippen molar-refractivity contribution in [3.05, 3.63) is 64.3 Å². The van der Waals surface area contributed by atoms with Crippen LogP contribution in [0.3, 0.4) is 0 Å². The molecule has 1 aromatic carbocycles. The number of nitrogens with one attached hydrogen (secondary N) is 1. The molecule has 0 spiro atoms. The van der Waals surface area contributed by atoms with Gasteiger partial charge >= 0.3 is 0 Å². The predicted molar refractivity (Wildman–Crippen MR) is 106 cm³/mol. The highest BCUT2D eigenvalue weighted by Gasteiger charge is 2.18. The van der Waals surface area contributed by atoms with E-state index < -0.39 is 0 Å². The van der Waals surface area contributed by atoms with Gasteiger partial charge in [-0.3, -0.25) is 0 Å². The predicted octanol–water partition coefficient (Wildman–Crippen LogP) is 5.24. The number of nitrogens with zero attached hydrogens (tertiary/aromatic N) is 2. The van der Waals surface area contributed by atoms with Crippen LogP contribution in [0.5, 0.6) is 0 Å². The highest BCUT2D eigenvalue weighted by molar-refractivity contribution is 7.12. The molecule has 1 aliphatic carbocycles. The molecule has 1 aliphatic heterocycles. The van der Waals surface area contributed by atoms with E-state index in [2.05, 4.69) is 59.7 Å². The van der Waals surface area contributed by atoms with Crippen molar-refractivity contribution in [2.75, 3.05) is 0 Å². The van der Waals surface area contributed by atoms with Gasteiger partial charge in [0.25, 0.3) is 0 Å². The zero-order valence-corrected chi connectivity index (χ0v) is 15.4. The first kappa shape index (κ1) is 16.3. The first-order valence-electron chi connectivity index (χ1n) is 9.02. The molecular weight excluding hydrogens is 326 g/mol. The molecule has 2 heterocycles. The lowest BCUT2D eigenvalue weighted by Gasteiger charge is -2.14. The Balaban J connectivity index is 1.65. The molecule has 128 valence electrons. The fourth-order valence-electron chi connectivity index (χ4n) is 3.49. The molecule has 4 heteroatoms. The Labute approximate surface area is 153 Å². The van der Waals surface area contributed by atoms with Gasteiger partial charge in [0, 0.05) is 11.6 Å². The molecule has 2 aliphatic rings. The summed E-state index contributed by atoms with van der Waals surface area (Å²) in [4.78, 5) is 10.7. The normalized spacial score (nSPS) is 18.0. The van der Waals surface area contributed by atoms with Crippen molar-refractivity contribution < 1.29 is 0 Å². The molecule has 1 saturated carbocycles. The van der Waals surface area contributed by atoms with Crippen LogP contribution >= 0.6 is 11.3 Å². The first-order chi connectivity index (χ1) is 12.3. The number of hydrogen-bond donors (Lipinski definition) is 1. The van der Waals surface area contributed by atoms with Crippen molar-refractivity contribution in [1.82, 2.24) is 10.3 Å². The maximum atomic E-state index is 4.94. The zero-order valence-electron chi connectivity index (χ0n) is 14.5. The molecule has 0 amide bonds. The van der Waals surface area contributed by atoms with E-state index in [4.69, 9.17) is 4.99 Å². The number of thiazole rings is 1. The lowest BCUT2D eigenvalue weighted by Crippen LogP contribution is -2.24. The summed E-state index contributed by atoms with van der Waals surface area (Å²) in [5.74, 6) is 1.01. The van der Waals surface area contributed by atoms with Crippen LogP contribution in [0, 0.1) is 6.92 Å². The minimum absolute atomic E-state index is 0.576. The maximum absolute atomic E-state index is 4.94. The fourth-order valence-corrected chi connectivity index (χ4v) is 4.27. The van der Waals surface area contributed by atoms with E-state index in [1.807, 2.05) is 5.51 Å². The third-order valence-electron chi connectivity index (χ3n) is 4.76. The fraction of sp³-hybridized carbons (Fsp3) is 0.333. The summed E-state index contributed by atoms with van der Waals surface area (Å²) >= 11 is 1.66. The van der Waals surface area contributed by atoms with Crippen LogP contribution in [-0.4, -0.2) is 16.7 Å². The molecule has 1 aromatic heterocycles. The number of rotatable bonds is 4. The maximum Gasteiger partial charge on any atom is 0.123 e. The summed E-state index contributed by atoms with van der Waals surface area (Å²) in [6, 6.07) is 9.09. The number of hydrogen-bond acceptors (Lipinski definition) is 4. The third kappa shape index (κ3) is 3.74. The van der Waals surface area contributed by atoms with E-state index in [1.165, 1.54) is 31.2 Å². The van der Waals surface area contributed by atoms with Gasteiger partial charge in [0.2, 0.25) is 0 Å². The molecule has 3 nitrogen and oxygen atoms in total. The molecule has 0 bridgehead atoms. The van der Waals surface area contributed by atoms with Gasteiger partial charge in [-0.1, -0.05) is 42.7 Å². The van der Waals surface area contributed by atoms with Crippen molar-refractivity contribution in [2.24, 2.45) is 4.99 Å². The minimum Gasteiger partial charge on any atom is -0.368 e. The van der Waals surface area contributed by atoms with Crippen LogP contribution in [-0.2, 0) is 0 Å². The number of aryl methyl sites for hydroxylation is 1. The highest BCUT2D eigenvalue weighted by atomic mass is 32.1. The molecule has 2 aromatic rings. The topological polar surface area (TPSA) is 37.3 Å². The molecule has 1 N–H and O–H groups in total. The van der Waals surface area contributed by atoms with Gasteiger partial charge in [-0.2, -0.15) is 0 Å². The number of aliphatic imine (C=N–C) groups is 1. The summed E-state index contributed by atoms with van der Waals surface area (Å²) in [6.07, 6.45) is 12.6. The first-order valence-corrected chi connectivity index (χ1v) is 9.90. The zero-order chi connectivity index (χ0) is 17.1. The van der Waals surface area contributed by atoms with E-state index in [0.29, 0.717) is 6.04 Å². The summed E-state index contributed by atoms with van der Waals surface area (Å²) in [5, 5.41) is 3.64. The van der Waals surface area contributed by atoms with Crippen LogP contribution < -0.4 is 5.32 Å². The quantitative estimate of drug-likeness (QED) is 0.819. The van der Waals surface area contributed by atoms with Crippen LogP contribution in [0.2, 0.25) is 0 Å². The molecule has 0 atom stereocenters. The Morgan fingerprint density at radius 3 is 2.92 bits per heavy atom. The Hall–Kier alpha value is -2.20. The molecule has 0 unspecified atom stereocenters. The average molecular weight is 350 g/mol. The summed E-state index contributed by atoms with van der Waals surface area (Å²) in [7, 11) is 0. The molecule has 4 rings (SSSR count). The van der Waals surface area contributed by atoms with E-state index in [9.17, 15) is 0 Å². The number of benzene rings is 1. The molecule has 0 saturated heterocycles. The smallest absolute Gasteiger partial charge is 0.123 e. The molecule has 25 heavy (non-hydrogen) atoms. The Kier molecular flexibility index (Phi) is 4.79. The third-order valence-corrected chi connectivity index (χ3v) is 5.61. The number of allylic oxidation sites excluding steroid dienone is 3. The molecule has 1 fully saturated rings. The molecule has 0 radical (unpaired) electrons. The lowest BCUT2D eigenvalue weighted by atomic mass is 10.1. The Bertz CT molecular complexity index is 838. The van der Waals surface area contributed by atoms with Crippen LogP contribution in [0.1, 0.15) is 42.5 Å². The van der Waals surface area contributed by atoms with Gasteiger partial charge in [0.05, 0.1) is 21.8 Å². The van der Waals surface area contributed by atoms with Crippen LogP contribution in [0.4, 0.5) is 0 Å². The van der Waals surface area contributed by atoms with Crippen molar-refractivity contribution in [1.29, 1.82) is 0 Å². The standard InChI is InChI=1S/C21H23N3S/c1-15-7-6-8-16(13-15)20-21(25-14-22-20)18-11-4-5-12-19(24-18)23-17-9-2-3-10-17/h4,6-8,11-14,17,23H,2-3,5,9-10H2,1H3. The Morgan fingerprint density at radius 1 is 1.20 bits per heavy atom. The SMILES string of the molecule is Cc1cccc(-c2ncsc2C2=NC(NC3CCCC3)=CCC=C2)c1. The lowest BCUT2D eigenvalue weighted by molar-refractivity contribution is 0.580. The van der Waals surface area contributed by atoms with Crippen LogP contribution in [0.15, 0.2) is 58.8 Å². The van der Waals surface area contributed by atoms with Gasteiger partial charge in [0.1, 0.15) is 5.82 Å². The van der Waals surface area contributed by atoms with Crippen molar-refractivity contribution in [3.63, 3.8) is 0 Å². The second-order valence-electron chi connectivity index (χ2n) is 6.75. The minimum atomic E-state index is 0.576. The van der Waals surface area contributed by atoms with Gasteiger partial charge in [-0.15, -0.1) is 11.3 Å². The monoisotopic (exact) mass is 349 g/mol.